The van der Waals surface area contributed by atoms with E-state index in [9.17, 15) is 13.2 Å². The zero-order valence-electron chi connectivity index (χ0n) is 16.6. The maximum Gasteiger partial charge on any atom is 0.208 e. The van der Waals surface area contributed by atoms with Gasteiger partial charge in [0, 0.05) is 31.1 Å². The Balaban J connectivity index is 1.84. The van der Waals surface area contributed by atoms with Crippen LogP contribution in [-0.2, 0) is 16.4 Å². The van der Waals surface area contributed by atoms with E-state index in [2.05, 4.69) is 30.0 Å². The van der Waals surface area contributed by atoms with Crippen molar-refractivity contribution in [3.63, 3.8) is 0 Å². The first-order valence-corrected chi connectivity index (χ1v) is 13.1. The molecule has 0 aliphatic rings. The maximum atomic E-state index is 11.5. The number of aromatic nitrogens is 4. The van der Waals surface area contributed by atoms with Crippen LogP contribution in [0.25, 0.3) is 11.0 Å². The van der Waals surface area contributed by atoms with Gasteiger partial charge in [-0.2, -0.15) is 0 Å². The lowest BCUT2D eigenvalue weighted by Gasteiger charge is -2.09. The monoisotopic (exact) mass is 488 g/mol. The molecule has 3 heterocycles. The smallest absolute Gasteiger partial charge is 0.208 e. The van der Waals surface area contributed by atoms with Crippen molar-refractivity contribution < 1.29 is 13.2 Å². The molecule has 3 rings (SSSR count). The van der Waals surface area contributed by atoms with Gasteiger partial charge in [-0.05, 0) is 24.6 Å². The minimum atomic E-state index is -3.22. The minimum Gasteiger partial charge on any atom is -0.369 e. The Morgan fingerprint density at radius 1 is 1.30 bits per heavy atom. The summed E-state index contributed by atoms with van der Waals surface area (Å²) in [6, 6.07) is 0. The molecule has 162 valence electrons. The van der Waals surface area contributed by atoms with Crippen LogP contribution >= 0.6 is 34.7 Å². The quantitative estimate of drug-likeness (QED) is 0.225. The lowest BCUT2D eigenvalue weighted by molar-refractivity contribution is 0.101. The number of thiazole rings is 1. The number of nitrogens with one attached hydrogen (secondary N) is 3. The molecule has 0 atom stereocenters. The Bertz CT molecular complexity index is 1180. The van der Waals surface area contributed by atoms with E-state index in [1.165, 1.54) is 30.0 Å². The average molecular weight is 489 g/mol. The normalized spacial score (nSPS) is 11.9. The number of sulfonamides is 1. The number of rotatable bonds is 10. The highest BCUT2D eigenvalue weighted by Gasteiger charge is 2.18. The summed E-state index contributed by atoms with van der Waals surface area (Å²) in [6.07, 6.45) is 2.40. The van der Waals surface area contributed by atoms with Crippen LogP contribution < -0.4 is 10.0 Å². The van der Waals surface area contributed by atoms with Crippen molar-refractivity contribution in [3.05, 3.63) is 21.8 Å². The largest absolute Gasteiger partial charge is 0.369 e. The second-order valence-corrected chi connectivity index (χ2v) is 10.7. The number of ketones is 1. The zero-order valence-corrected chi connectivity index (χ0v) is 19.8. The fourth-order valence-electron chi connectivity index (χ4n) is 2.60. The van der Waals surface area contributed by atoms with Gasteiger partial charge in [-0.15, -0.1) is 11.3 Å². The first-order chi connectivity index (χ1) is 14.2. The van der Waals surface area contributed by atoms with E-state index in [4.69, 9.17) is 11.6 Å². The number of carbonyl (C=O) groups is 1. The molecule has 0 unspecified atom stereocenters. The summed E-state index contributed by atoms with van der Waals surface area (Å²) in [6.45, 7) is 4.27. The highest BCUT2D eigenvalue weighted by molar-refractivity contribution is 8.00. The number of fused-ring (bicyclic) bond motifs is 1. The lowest BCUT2D eigenvalue weighted by Crippen LogP contribution is -2.24. The van der Waals surface area contributed by atoms with E-state index in [0.717, 1.165) is 11.9 Å². The van der Waals surface area contributed by atoms with E-state index in [-0.39, 0.29) is 5.78 Å². The molecule has 0 spiro atoms. The molecule has 0 bridgehead atoms. The molecule has 0 fully saturated rings. The van der Waals surface area contributed by atoms with Crippen molar-refractivity contribution in [2.45, 2.75) is 36.2 Å². The molecule has 0 aliphatic heterocycles. The van der Waals surface area contributed by atoms with Crippen LogP contribution in [0.4, 0.5) is 5.82 Å². The van der Waals surface area contributed by atoms with Gasteiger partial charge in [0.25, 0.3) is 0 Å². The molecule has 3 aromatic heterocycles. The maximum absolute atomic E-state index is 11.5. The Morgan fingerprint density at radius 2 is 2.07 bits per heavy atom. The second kappa shape index (κ2) is 9.60. The molecule has 3 N–H and O–H groups in total. The van der Waals surface area contributed by atoms with Crippen LogP contribution in [-0.4, -0.2) is 53.5 Å². The number of nitrogens with zero attached hydrogens (tertiary/aromatic N) is 3. The molecule has 30 heavy (non-hydrogen) atoms. The third kappa shape index (κ3) is 5.70. The fourth-order valence-corrected chi connectivity index (χ4v) is 5.19. The summed E-state index contributed by atoms with van der Waals surface area (Å²) in [4.78, 5) is 28.1. The van der Waals surface area contributed by atoms with Crippen molar-refractivity contribution in [2.24, 2.45) is 0 Å². The van der Waals surface area contributed by atoms with Crippen LogP contribution in [0.3, 0.4) is 0 Å². The van der Waals surface area contributed by atoms with Gasteiger partial charge in [-0.1, -0.05) is 18.5 Å². The molecular weight excluding hydrogens is 468 g/mol. The van der Waals surface area contributed by atoms with Crippen molar-refractivity contribution >= 4 is 67.4 Å². The third-order valence-corrected chi connectivity index (χ3v) is 6.98. The predicted octanol–water partition coefficient (Wildman–Crippen LogP) is 3.34. The summed E-state index contributed by atoms with van der Waals surface area (Å²) < 4.78 is 25.5. The number of aromatic amines is 1. The molecule has 0 radical (unpaired) electrons. The Hall–Kier alpha value is -1.73. The summed E-state index contributed by atoms with van der Waals surface area (Å²) in [5.41, 5.74) is 1.88. The summed E-state index contributed by atoms with van der Waals surface area (Å²) >= 11 is 9.13. The first-order valence-electron chi connectivity index (χ1n) is 9.08. The SMILES string of the molecule is CCc1[nH]c2nc(Sc3nc(C(C)=O)cs3)nc(NCCCNS(C)(=O)=O)c2c1Cl. The number of anilines is 1. The molecule has 3 aromatic rings. The standard InChI is InChI=1S/C17H21ClN6O3S3/c1-4-10-13(18)12-14(19-6-5-7-20-30(3,26)27)23-16(24-15(12)21-10)29-17-22-11(8-28-17)9(2)25/h8,20H,4-7H2,1-3H3,(H2,19,21,23,24). The summed E-state index contributed by atoms with van der Waals surface area (Å²) in [5, 5.41) is 6.65. The Kier molecular flexibility index (Phi) is 7.34. The van der Waals surface area contributed by atoms with Crippen LogP contribution in [0.2, 0.25) is 5.02 Å². The lowest BCUT2D eigenvalue weighted by atomic mass is 10.3. The van der Waals surface area contributed by atoms with Gasteiger partial charge in [0.2, 0.25) is 10.0 Å². The second-order valence-electron chi connectivity index (χ2n) is 6.45. The van der Waals surface area contributed by atoms with E-state index < -0.39 is 10.0 Å². The van der Waals surface area contributed by atoms with Crippen LogP contribution in [0.15, 0.2) is 14.9 Å². The molecule has 9 nitrogen and oxygen atoms in total. The van der Waals surface area contributed by atoms with E-state index in [0.29, 0.717) is 63.0 Å². The molecule has 0 amide bonds. The first kappa shape index (κ1) is 22.9. The minimum absolute atomic E-state index is 0.0942. The third-order valence-electron chi connectivity index (χ3n) is 4.03. The highest BCUT2D eigenvalue weighted by atomic mass is 35.5. The van der Waals surface area contributed by atoms with E-state index >= 15 is 0 Å². The van der Waals surface area contributed by atoms with E-state index in [1.807, 2.05) is 6.92 Å². The molecule has 13 heteroatoms. The number of hydrogen-bond donors (Lipinski definition) is 3. The van der Waals surface area contributed by atoms with Crippen molar-refractivity contribution in [2.75, 3.05) is 24.7 Å². The van der Waals surface area contributed by atoms with Gasteiger partial charge in [-0.3, -0.25) is 4.79 Å². The molecule has 0 saturated carbocycles. The van der Waals surface area contributed by atoms with Crippen LogP contribution in [0, 0.1) is 0 Å². The van der Waals surface area contributed by atoms with Gasteiger partial charge in [-0.25, -0.2) is 28.1 Å². The Morgan fingerprint density at radius 3 is 2.70 bits per heavy atom. The summed E-state index contributed by atoms with van der Waals surface area (Å²) in [5.74, 6) is 0.467. The topological polar surface area (TPSA) is 130 Å². The van der Waals surface area contributed by atoms with Gasteiger partial charge in [0.15, 0.2) is 15.3 Å². The molecule has 0 saturated heterocycles. The summed E-state index contributed by atoms with van der Waals surface area (Å²) in [7, 11) is -3.22. The van der Waals surface area contributed by atoms with Gasteiger partial charge >= 0.3 is 0 Å². The Labute approximate surface area is 187 Å². The van der Waals surface area contributed by atoms with Gasteiger partial charge in [0.1, 0.15) is 17.2 Å². The van der Waals surface area contributed by atoms with Gasteiger partial charge < -0.3 is 10.3 Å². The predicted molar refractivity (Wildman–Crippen MR) is 120 cm³/mol. The molecular formula is C17H21ClN6O3S3. The van der Waals surface area contributed by atoms with E-state index in [1.54, 1.807) is 5.38 Å². The van der Waals surface area contributed by atoms with Crippen molar-refractivity contribution in [3.8, 4) is 0 Å². The zero-order chi connectivity index (χ0) is 21.9. The number of halogens is 1. The molecule has 0 aliphatic carbocycles. The van der Waals surface area contributed by atoms with Crippen LogP contribution in [0.1, 0.15) is 36.5 Å². The number of aryl methyl sites for hydroxylation is 1. The number of H-pyrrole nitrogens is 1. The fraction of sp³-hybridized carbons (Fsp3) is 0.412. The van der Waals surface area contributed by atoms with Crippen molar-refractivity contribution in [1.29, 1.82) is 0 Å². The average Bonchev–Trinajstić information content (AvgIpc) is 3.25. The molecule has 0 aromatic carbocycles. The number of carbonyl (C=O) groups excluding carboxylic acids is 1. The highest BCUT2D eigenvalue weighted by Crippen LogP contribution is 2.35. The van der Waals surface area contributed by atoms with Crippen molar-refractivity contribution in [1.82, 2.24) is 24.7 Å². The number of hydrogen-bond acceptors (Lipinski definition) is 9. The van der Waals surface area contributed by atoms with Crippen LogP contribution in [0.5, 0.6) is 0 Å². The van der Waals surface area contributed by atoms with Gasteiger partial charge in [0.05, 0.1) is 16.7 Å². The number of Topliss-reactive ketones (excluding diaryl/α,β-unsaturated/α-hetero) is 1.